The molecule has 2 heterocycles. The predicted molar refractivity (Wildman–Crippen MR) is 178 cm³/mol. The number of nitrogens with one attached hydrogen (secondary N) is 1. The zero-order valence-electron chi connectivity index (χ0n) is 25.1. The number of hydrogen-bond acceptors (Lipinski definition) is 8. The second-order valence-corrected chi connectivity index (χ2v) is 11.7. The number of carbonyl (C=O) groups excluding carboxylic acids is 1. The molecule has 0 unspecified atom stereocenters. The molecule has 3 atom stereocenters. The molecular formula is C37H34N2O6S. The maximum atomic E-state index is 12.0. The zero-order valence-corrected chi connectivity index (χ0v) is 25.9. The molecule has 46 heavy (non-hydrogen) atoms. The van der Waals surface area contributed by atoms with Crippen LogP contribution < -0.4 is 5.32 Å². The van der Waals surface area contributed by atoms with E-state index in [1.54, 1.807) is 12.1 Å². The van der Waals surface area contributed by atoms with Gasteiger partial charge in [0.25, 0.3) is 5.22 Å². The molecule has 0 aliphatic carbocycles. The molecule has 8 nitrogen and oxygen atoms in total. The van der Waals surface area contributed by atoms with Crippen molar-refractivity contribution in [1.29, 1.82) is 0 Å². The Kier molecular flexibility index (Phi) is 10.3. The summed E-state index contributed by atoms with van der Waals surface area (Å²) in [5, 5.41) is 12.8. The Hall–Kier alpha value is -4.67. The Morgan fingerprint density at radius 1 is 0.913 bits per heavy atom. The van der Waals surface area contributed by atoms with Gasteiger partial charge in [-0.3, -0.25) is 5.32 Å². The number of ether oxygens (including phenoxy) is 3. The van der Waals surface area contributed by atoms with Crippen LogP contribution in [0.5, 0.6) is 0 Å². The summed E-state index contributed by atoms with van der Waals surface area (Å²) in [6, 6.07) is 35.1. The van der Waals surface area contributed by atoms with Crippen LogP contribution in [0.1, 0.15) is 35.5 Å². The second kappa shape index (κ2) is 15.1. The van der Waals surface area contributed by atoms with E-state index in [2.05, 4.69) is 11.9 Å². The number of thioether (sulfide) groups is 1. The van der Waals surface area contributed by atoms with Gasteiger partial charge in [-0.05, 0) is 23.3 Å². The molecule has 234 valence electrons. The maximum absolute atomic E-state index is 12.0. The molecule has 1 amide bonds. The van der Waals surface area contributed by atoms with E-state index >= 15 is 0 Å². The molecule has 9 heteroatoms. The molecule has 2 N–H and O–H groups in total. The van der Waals surface area contributed by atoms with E-state index in [0.29, 0.717) is 23.1 Å². The second-order valence-electron chi connectivity index (χ2n) is 10.7. The number of nitrogens with zero attached hydrogens (tertiary/aromatic N) is 1. The van der Waals surface area contributed by atoms with Crippen molar-refractivity contribution in [3.63, 3.8) is 0 Å². The van der Waals surface area contributed by atoms with Crippen LogP contribution in [0.25, 0.3) is 22.6 Å². The van der Waals surface area contributed by atoms with E-state index in [1.807, 2.05) is 97.1 Å². The first-order valence-corrected chi connectivity index (χ1v) is 16.0. The molecule has 1 aromatic heterocycles. The minimum atomic E-state index is -0.645. The zero-order chi connectivity index (χ0) is 31.7. The quantitative estimate of drug-likeness (QED) is 0.110. The number of oxazole rings is 1. The Morgan fingerprint density at radius 2 is 1.59 bits per heavy atom. The third-order valence-electron chi connectivity index (χ3n) is 7.46. The van der Waals surface area contributed by atoms with Crippen LogP contribution in [0.2, 0.25) is 0 Å². The Morgan fingerprint density at radius 3 is 2.26 bits per heavy atom. The lowest BCUT2D eigenvalue weighted by atomic mass is 10.0. The molecule has 4 aromatic carbocycles. The summed E-state index contributed by atoms with van der Waals surface area (Å²) in [5.41, 5.74) is 5.97. The average Bonchev–Trinajstić information content (AvgIpc) is 3.55. The molecule has 1 saturated heterocycles. The van der Waals surface area contributed by atoms with Gasteiger partial charge < -0.3 is 23.7 Å². The van der Waals surface area contributed by atoms with Gasteiger partial charge in [-0.15, -0.1) is 0 Å². The van der Waals surface area contributed by atoms with E-state index in [-0.39, 0.29) is 25.4 Å². The molecule has 1 fully saturated rings. The number of aromatic nitrogens is 1. The van der Waals surface area contributed by atoms with Crippen molar-refractivity contribution in [2.75, 3.05) is 17.7 Å². The van der Waals surface area contributed by atoms with Gasteiger partial charge in [-0.1, -0.05) is 121 Å². The molecule has 0 saturated carbocycles. The van der Waals surface area contributed by atoms with E-state index in [9.17, 15) is 9.90 Å². The van der Waals surface area contributed by atoms with Crippen molar-refractivity contribution < 1.29 is 28.5 Å². The number of benzene rings is 4. The molecule has 0 radical (unpaired) electrons. The minimum absolute atomic E-state index is 0.0234. The monoisotopic (exact) mass is 634 g/mol. The van der Waals surface area contributed by atoms with Gasteiger partial charge in [0.05, 0.1) is 18.8 Å². The lowest BCUT2D eigenvalue weighted by Crippen LogP contribution is -2.31. The van der Waals surface area contributed by atoms with Gasteiger partial charge in [0, 0.05) is 34.6 Å². The number of hydrogen-bond donors (Lipinski definition) is 2. The maximum Gasteiger partial charge on any atom is 0.411 e. The highest BCUT2D eigenvalue weighted by molar-refractivity contribution is 7.99. The largest absolute Gasteiger partial charge is 0.445 e. The van der Waals surface area contributed by atoms with Gasteiger partial charge in [0.1, 0.15) is 12.3 Å². The minimum Gasteiger partial charge on any atom is -0.445 e. The van der Waals surface area contributed by atoms with Crippen LogP contribution in [-0.4, -0.2) is 34.6 Å². The SMILES string of the molecule is C=CCOC(=O)Nc1ccc([C@H]2O[C@@H](CSc3nc(-c4ccccc4)c(-c4ccccc4)o3)C[C@@H](c3ccc(CO)cc3)O2)cc1. The number of carbonyl (C=O) groups is 1. The van der Waals surface area contributed by atoms with Crippen molar-refractivity contribution in [3.05, 3.63) is 139 Å². The smallest absolute Gasteiger partial charge is 0.411 e. The Labute approximate surface area is 272 Å². The fourth-order valence-electron chi connectivity index (χ4n) is 5.14. The van der Waals surface area contributed by atoms with E-state index < -0.39 is 12.4 Å². The molecule has 1 aliphatic rings. The van der Waals surface area contributed by atoms with E-state index in [1.165, 1.54) is 17.8 Å². The van der Waals surface area contributed by atoms with Gasteiger partial charge >= 0.3 is 6.09 Å². The van der Waals surface area contributed by atoms with Crippen molar-refractivity contribution >= 4 is 23.5 Å². The molecule has 0 spiro atoms. The lowest BCUT2D eigenvalue weighted by molar-refractivity contribution is -0.245. The topological polar surface area (TPSA) is 103 Å². The van der Waals surface area contributed by atoms with Crippen molar-refractivity contribution in [1.82, 2.24) is 4.98 Å². The lowest BCUT2D eigenvalue weighted by Gasteiger charge is -2.36. The van der Waals surface area contributed by atoms with Crippen LogP contribution in [0.4, 0.5) is 10.5 Å². The number of rotatable bonds is 11. The standard InChI is InChI=1S/C37H34N2O6S/c1-2-21-42-36(41)38-30-19-17-29(18-20-30)35-43-31(22-32(44-35)26-15-13-25(23-40)14-16-26)24-46-37-39-33(27-9-5-3-6-10-27)34(45-37)28-11-7-4-8-12-28/h2-20,31-32,35,40H,1,21-24H2,(H,38,41)/t31-,32+,35+/m1/s1. The van der Waals surface area contributed by atoms with Crippen LogP contribution in [0, 0.1) is 0 Å². The summed E-state index contributed by atoms with van der Waals surface area (Å²) in [6.07, 6.45) is 0.494. The highest BCUT2D eigenvalue weighted by atomic mass is 32.2. The fourth-order valence-corrected chi connectivity index (χ4v) is 5.98. The number of aliphatic hydroxyl groups is 1. The van der Waals surface area contributed by atoms with Crippen LogP contribution in [-0.2, 0) is 20.8 Å². The third kappa shape index (κ3) is 7.75. The van der Waals surface area contributed by atoms with Crippen LogP contribution in [0.3, 0.4) is 0 Å². The first-order valence-electron chi connectivity index (χ1n) is 15.0. The predicted octanol–water partition coefficient (Wildman–Crippen LogP) is 8.57. The summed E-state index contributed by atoms with van der Waals surface area (Å²) in [7, 11) is 0. The summed E-state index contributed by atoms with van der Waals surface area (Å²) in [6.45, 7) is 3.66. The molecular weight excluding hydrogens is 600 g/mol. The summed E-state index contributed by atoms with van der Waals surface area (Å²) in [4.78, 5) is 16.9. The normalized spacial score (nSPS) is 17.7. The van der Waals surface area contributed by atoms with Gasteiger partial charge in [0.2, 0.25) is 0 Å². The first-order chi connectivity index (χ1) is 22.6. The van der Waals surface area contributed by atoms with Gasteiger partial charge in [0.15, 0.2) is 12.1 Å². The van der Waals surface area contributed by atoms with Crippen molar-refractivity contribution in [3.8, 4) is 22.6 Å². The van der Waals surface area contributed by atoms with E-state index in [0.717, 1.165) is 39.3 Å². The highest BCUT2D eigenvalue weighted by Gasteiger charge is 2.33. The first kappa shape index (κ1) is 31.3. The summed E-state index contributed by atoms with van der Waals surface area (Å²) < 4.78 is 24.3. The molecule has 6 rings (SSSR count). The van der Waals surface area contributed by atoms with Crippen molar-refractivity contribution in [2.45, 2.75) is 36.7 Å². The number of anilines is 1. The number of aliphatic hydroxyl groups excluding tert-OH is 1. The summed E-state index contributed by atoms with van der Waals surface area (Å²) >= 11 is 1.51. The van der Waals surface area contributed by atoms with Gasteiger partial charge in [-0.2, -0.15) is 0 Å². The Bertz CT molecular complexity index is 1670. The van der Waals surface area contributed by atoms with Crippen molar-refractivity contribution in [2.24, 2.45) is 0 Å². The molecule has 1 aliphatic heterocycles. The number of amides is 1. The highest BCUT2D eigenvalue weighted by Crippen LogP contribution is 2.41. The summed E-state index contributed by atoms with van der Waals surface area (Å²) in [5.74, 6) is 1.31. The van der Waals surface area contributed by atoms with Gasteiger partial charge in [-0.25, -0.2) is 9.78 Å². The fraction of sp³-hybridized carbons (Fsp3) is 0.189. The third-order valence-corrected chi connectivity index (χ3v) is 8.42. The average molecular weight is 635 g/mol. The molecule has 0 bridgehead atoms. The van der Waals surface area contributed by atoms with E-state index in [4.69, 9.17) is 23.6 Å². The van der Waals surface area contributed by atoms with Crippen LogP contribution >= 0.6 is 11.8 Å². The Balaban J connectivity index is 1.21. The molecule has 5 aromatic rings. The van der Waals surface area contributed by atoms with Crippen LogP contribution in [0.15, 0.2) is 131 Å².